The van der Waals surface area contributed by atoms with Crippen molar-refractivity contribution in [3.8, 4) is 6.07 Å². The van der Waals surface area contributed by atoms with Gasteiger partial charge in [0.15, 0.2) is 0 Å². The fraction of sp³-hybridized carbons (Fsp3) is 0.654. The highest BCUT2D eigenvalue weighted by Crippen LogP contribution is 2.45. The molecule has 0 bridgehead atoms. The molecule has 0 aromatic heterocycles. The highest BCUT2D eigenvalue weighted by atomic mass is 31.2. The number of amides is 2. The number of benzene rings is 1. The van der Waals surface area contributed by atoms with E-state index < -0.39 is 8.53 Å². The first kappa shape index (κ1) is 33.9. The van der Waals surface area contributed by atoms with E-state index in [1.54, 1.807) is 24.3 Å². The van der Waals surface area contributed by atoms with Crippen LogP contribution in [0.3, 0.4) is 0 Å². The third-order valence-electron chi connectivity index (χ3n) is 5.01. The van der Waals surface area contributed by atoms with Gasteiger partial charge >= 0.3 is 0 Å². The molecule has 0 aliphatic rings. The van der Waals surface area contributed by atoms with Gasteiger partial charge in [0, 0.05) is 25.7 Å². The van der Waals surface area contributed by atoms with Crippen LogP contribution >= 0.6 is 8.53 Å². The predicted molar refractivity (Wildman–Crippen MR) is 146 cm³/mol. The van der Waals surface area contributed by atoms with Crippen molar-refractivity contribution in [3.05, 3.63) is 35.4 Å². The van der Waals surface area contributed by atoms with Crippen molar-refractivity contribution >= 4 is 20.3 Å². The molecule has 1 atom stereocenters. The third kappa shape index (κ3) is 13.6. The van der Waals surface area contributed by atoms with Gasteiger partial charge in [-0.3, -0.25) is 9.59 Å². The molecule has 11 nitrogen and oxygen atoms in total. The average molecular weight is 555 g/mol. The SMILES string of the molecule is CNC(=O)c1ccccc1C(=O)NCCOCCOCCOCCOP(OCCC#N)N(C(C)C)C(C)C. The molecular formula is C26H43N4O7P. The molecule has 1 rings (SSSR count). The summed E-state index contributed by atoms with van der Waals surface area (Å²) in [7, 11) is 0.258. The van der Waals surface area contributed by atoms with E-state index in [-0.39, 0.29) is 23.9 Å². The van der Waals surface area contributed by atoms with E-state index in [0.29, 0.717) is 76.9 Å². The van der Waals surface area contributed by atoms with Crippen LogP contribution in [0.2, 0.25) is 0 Å². The molecule has 0 saturated carbocycles. The fourth-order valence-corrected chi connectivity index (χ4v) is 4.95. The maximum Gasteiger partial charge on any atom is 0.259 e. The van der Waals surface area contributed by atoms with Gasteiger partial charge in [-0.15, -0.1) is 0 Å². The molecule has 38 heavy (non-hydrogen) atoms. The van der Waals surface area contributed by atoms with Crippen molar-refractivity contribution in [2.45, 2.75) is 46.2 Å². The Morgan fingerprint density at radius 3 is 1.87 bits per heavy atom. The number of rotatable bonds is 21. The van der Waals surface area contributed by atoms with Crippen molar-refractivity contribution in [2.75, 3.05) is 66.4 Å². The van der Waals surface area contributed by atoms with E-state index in [1.807, 2.05) is 0 Å². The number of nitrogens with one attached hydrogen (secondary N) is 2. The van der Waals surface area contributed by atoms with Gasteiger partial charge in [0.05, 0.1) is 76.5 Å². The van der Waals surface area contributed by atoms with Crippen LogP contribution in [0.1, 0.15) is 54.8 Å². The zero-order chi connectivity index (χ0) is 28.2. The van der Waals surface area contributed by atoms with Gasteiger partial charge in [0.1, 0.15) is 0 Å². The molecule has 0 fully saturated rings. The molecule has 12 heteroatoms. The van der Waals surface area contributed by atoms with Crippen molar-refractivity contribution < 1.29 is 32.8 Å². The van der Waals surface area contributed by atoms with E-state index in [9.17, 15) is 9.59 Å². The average Bonchev–Trinajstić information content (AvgIpc) is 2.90. The lowest BCUT2D eigenvalue weighted by atomic mass is 10.1. The third-order valence-corrected chi connectivity index (χ3v) is 7.12. The second-order valence-electron chi connectivity index (χ2n) is 8.60. The van der Waals surface area contributed by atoms with Crippen LogP contribution in [-0.2, 0) is 23.3 Å². The van der Waals surface area contributed by atoms with Crippen LogP contribution in [0.5, 0.6) is 0 Å². The monoisotopic (exact) mass is 554 g/mol. The zero-order valence-electron chi connectivity index (χ0n) is 23.2. The minimum absolute atomic E-state index is 0.252. The summed E-state index contributed by atoms with van der Waals surface area (Å²) in [6.45, 7) is 11.8. The lowest BCUT2D eigenvalue weighted by molar-refractivity contribution is 0.00873. The molecule has 0 saturated heterocycles. The van der Waals surface area contributed by atoms with Crippen molar-refractivity contribution in [1.82, 2.24) is 15.3 Å². The van der Waals surface area contributed by atoms with Crippen LogP contribution in [0.15, 0.2) is 24.3 Å². The quantitative estimate of drug-likeness (QED) is 0.174. The van der Waals surface area contributed by atoms with Crippen molar-refractivity contribution in [1.29, 1.82) is 5.26 Å². The Hall–Kier alpha value is -2.16. The standard InChI is InChI=1S/C26H43N4O7P/c1-21(2)30(22(3)4)38(36-13-8-11-27)37-20-19-35-18-17-34-16-15-33-14-12-29-26(32)24-10-7-6-9-23(24)25(31)28-5/h6-7,9-10,21-22H,8,12-20H2,1-5H3,(H,28,31)(H,29,32). The maximum absolute atomic E-state index is 12.3. The molecule has 2 N–H and O–H groups in total. The van der Waals surface area contributed by atoms with E-state index in [0.717, 1.165) is 0 Å². The summed E-state index contributed by atoms with van der Waals surface area (Å²) in [6, 6.07) is 9.23. The minimum atomic E-state index is -1.27. The molecule has 0 heterocycles. The van der Waals surface area contributed by atoms with Crippen LogP contribution in [0, 0.1) is 11.3 Å². The van der Waals surface area contributed by atoms with Crippen LogP contribution in [0.4, 0.5) is 0 Å². The lowest BCUT2D eigenvalue weighted by Gasteiger charge is -2.35. The highest BCUT2D eigenvalue weighted by Gasteiger charge is 2.27. The Morgan fingerprint density at radius 1 is 0.842 bits per heavy atom. The summed E-state index contributed by atoms with van der Waals surface area (Å²) in [5.74, 6) is -0.636. The summed E-state index contributed by atoms with van der Waals surface area (Å²) in [6.07, 6.45) is 0.325. The molecule has 0 spiro atoms. The Morgan fingerprint density at radius 2 is 1.34 bits per heavy atom. The Balaban J connectivity index is 2.12. The summed E-state index contributed by atoms with van der Waals surface area (Å²) < 4.78 is 30.5. The second-order valence-corrected chi connectivity index (χ2v) is 10.1. The summed E-state index contributed by atoms with van der Waals surface area (Å²) in [5.41, 5.74) is 0.647. The Kier molecular flexibility index (Phi) is 18.5. The second kappa shape index (κ2) is 20.8. The zero-order valence-corrected chi connectivity index (χ0v) is 24.1. The molecule has 0 aliphatic carbocycles. The minimum Gasteiger partial charge on any atom is -0.377 e. The highest BCUT2D eigenvalue weighted by molar-refractivity contribution is 7.44. The predicted octanol–water partition coefficient (Wildman–Crippen LogP) is 3.12. The number of carbonyl (C=O) groups excluding carboxylic acids is 2. The summed E-state index contributed by atoms with van der Waals surface area (Å²) in [4.78, 5) is 24.2. The van der Waals surface area contributed by atoms with E-state index in [1.165, 1.54) is 7.05 Å². The number of hydrogen-bond donors (Lipinski definition) is 2. The van der Waals surface area contributed by atoms with Crippen molar-refractivity contribution in [3.63, 3.8) is 0 Å². The number of nitriles is 1. The molecular weight excluding hydrogens is 511 g/mol. The normalized spacial score (nSPS) is 12.1. The van der Waals surface area contributed by atoms with E-state index in [4.69, 9.17) is 28.5 Å². The van der Waals surface area contributed by atoms with Gasteiger partial charge in [-0.1, -0.05) is 12.1 Å². The lowest BCUT2D eigenvalue weighted by Crippen LogP contribution is -2.34. The topological polar surface area (TPSA) is 131 Å². The van der Waals surface area contributed by atoms with Gasteiger partial charge < -0.3 is 33.9 Å². The summed E-state index contributed by atoms with van der Waals surface area (Å²) in [5, 5.41) is 14.0. The number of carbonyl (C=O) groups is 2. The van der Waals surface area contributed by atoms with Gasteiger partial charge in [0.25, 0.3) is 20.3 Å². The largest absolute Gasteiger partial charge is 0.377 e. The van der Waals surface area contributed by atoms with Gasteiger partial charge in [-0.2, -0.15) is 5.26 Å². The Bertz CT molecular complexity index is 843. The Labute approximate surface area is 228 Å². The first-order valence-electron chi connectivity index (χ1n) is 12.9. The van der Waals surface area contributed by atoms with E-state index >= 15 is 0 Å². The van der Waals surface area contributed by atoms with Crippen LogP contribution < -0.4 is 10.6 Å². The van der Waals surface area contributed by atoms with Crippen LogP contribution in [0.25, 0.3) is 0 Å². The maximum atomic E-state index is 12.3. The molecule has 2 amide bonds. The molecule has 1 aromatic rings. The number of hydrogen-bond acceptors (Lipinski definition) is 9. The van der Waals surface area contributed by atoms with Gasteiger partial charge in [-0.05, 0) is 39.8 Å². The molecule has 214 valence electrons. The van der Waals surface area contributed by atoms with Gasteiger partial charge in [-0.25, -0.2) is 4.67 Å². The molecule has 1 unspecified atom stereocenters. The first-order chi connectivity index (χ1) is 18.3. The molecule has 0 radical (unpaired) electrons. The van der Waals surface area contributed by atoms with Crippen LogP contribution in [-0.4, -0.2) is 95.0 Å². The van der Waals surface area contributed by atoms with Crippen molar-refractivity contribution in [2.24, 2.45) is 0 Å². The summed E-state index contributed by atoms with van der Waals surface area (Å²) >= 11 is 0. The first-order valence-corrected chi connectivity index (χ1v) is 14.0. The van der Waals surface area contributed by atoms with Gasteiger partial charge in [0.2, 0.25) is 0 Å². The molecule has 0 aliphatic heterocycles. The number of nitrogens with zero attached hydrogens (tertiary/aromatic N) is 2. The number of ether oxygens (including phenoxy) is 3. The van der Waals surface area contributed by atoms with E-state index in [2.05, 4.69) is 49.1 Å². The smallest absolute Gasteiger partial charge is 0.259 e. The fourth-order valence-electron chi connectivity index (χ4n) is 3.38. The molecule has 1 aromatic carbocycles.